The highest BCUT2D eigenvalue weighted by Crippen LogP contribution is 1.94. The van der Waals surface area contributed by atoms with E-state index in [1.165, 1.54) is 13.8 Å². The molecule has 1 unspecified atom stereocenters. The number of Topliss-reactive ketones (excluding diaryl/α,β-unsaturated/α-hetero) is 1. The Bertz CT molecular complexity index is 270. The highest BCUT2D eigenvalue weighted by molar-refractivity contribution is 5.86. The fraction of sp³-hybridized carbons (Fsp3) is 0.556. The van der Waals surface area contributed by atoms with Gasteiger partial charge in [0.25, 0.3) is 0 Å². The lowest BCUT2D eigenvalue weighted by Gasteiger charge is -2.09. The maximum Gasteiger partial charge on any atom is 0.344 e. The second kappa shape index (κ2) is 6.69. The van der Waals surface area contributed by atoms with E-state index in [4.69, 9.17) is 0 Å². The number of rotatable bonds is 6. The molecule has 0 heterocycles. The predicted octanol–water partition coefficient (Wildman–Crippen LogP) is -0.361. The van der Waals surface area contributed by atoms with Crippen molar-refractivity contribution in [3.05, 3.63) is 0 Å². The zero-order valence-electron chi connectivity index (χ0n) is 8.52. The Kier molecular flexibility index (Phi) is 5.92. The van der Waals surface area contributed by atoms with Crippen molar-refractivity contribution >= 4 is 24.0 Å². The fourth-order valence-electron chi connectivity index (χ4n) is 0.581. The first-order chi connectivity index (χ1) is 6.97. The quantitative estimate of drug-likeness (QED) is 0.342. The van der Waals surface area contributed by atoms with Crippen molar-refractivity contribution in [3.8, 4) is 0 Å². The molecule has 0 aliphatic rings. The van der Waals surface area contributed by atoms with Crippen molar-refractivity contribution in [3.63, 3.8) is 0 Å². The standard InChI is InChI=1S/C9H12O6/c1-6(11)7(2)15-9(13)5-14-8(12)3-4-10/h4,7H,3,5H2,1-2H3. The van der Waals surface area contributed by atoms with Crippen LogP contribution in [-0.2, 0) is 28.7 Å². The van der Waals surface area contributed by atoms with E-state index in [-0.39, 0.29) is 5.78 Å². The number of carbonyl (C=O) groups excluding carboxylic acids is 4. The summed E-state index contributed by atoms with van der Waals surface area (Å²) in [4.78, 5) is 42.1. The summed E-state index contributed by atoms with van der Waals surface area (Å²) in [6.45, 7) is 2.09. The number of aldehydes is 1. The summed E-state index contributed by atoms with van der Waals surface area (Å²) in [5.74, 6) is -1.93. The van der Waals surface area contributed by atoms with Gasteiger partial charge in [-0.05, 0) is 13.8 Å². The summed E-state index contributed by atoms with van der Waals surface area (Å²) in [7, 11) is 0. The molecule has 0 aromatic carbocycles. The largest absolute Gasteiger partial charge is 0.453 e. The molecule has 0 spiro atoms. The lowest BCUT2D eigenvalue weighted by atomic mass is 10.3. The van der Waals surface area contributed by atoms with Crippen LogP contribution in [0.25, 0.3) is 0 Å². The molecule has 0 aromatic rings. The van der Waals surface area contributed by atoms with Crippen LogP contribution in [0.15, 0.2) is 0 Å². The first-order valence-electron chi connectivity index (χ1n) is 4.26. The number of ketones is 1. The van der Waals surface area contributed by atoms with Crippen LogP contribution in [0.3, 0.4) is 0 Å². The SMILES string of the molecule is CC(=O)C(C)OC(=O)COC(=O)CC=O. The molecular weight excluding hydrogens is 204 g/mol. The van der Waals surface area contributed by atoms with Gasteiger partial charge in [0.05, 0.1) is 0 Å². The van der Waals surface area contributed by atoms with Crippen molar-refractivity contribution in [2.24, 2.45) is 0 Å². The van der Waals surface area contributed by atoms with Gasteiger partial charge in [0.1, 0.15) is 12.7 Å². The molecule has 0 radical (unpaired) electrons. The van der Waals surface area contributed by atoms with Gasteiger partial charge >= 0.3 is 11.9 Å². The smallest absolute Gasteiger partial charge is 0.344 e. The molecule has 6 heteroatoms. The van der Waals surface area contributed by atoms with Crippen LogP contribution in [0, 0.1) is 0 Å². The summed E-state index contributed by atoms with van der Waals surface area (Å²) in [5, 5.41) is 0. The Morgan fingerprint density at radius 2 is 1.87 bits per heavy atom. The van der Waals surface area contributed by atoms with E-state index in [0.29, 0.717) is 6.29 Å². The Morgan fingerprint density at radius 1 is 1.27 bits per heavy atom. The minimum Gasteiger partial charge on any atom is -0.453 e. The van der Waals surface area contributed by atoms with Crippen molar-refractivity contribution in [1.29, 1.82) is 0 Å². The Morgan fingerprint density at radius 3 is 2.33 bits per heavy atom. The average Bonchev–Trinajstić information content (AvgIpc) is 2.15. The molecule has 0 aliphatic heterocycles. The molecule has 0 aromatic heterocycles. The van der Waals surface area contributed by atoms with Crippen LogP contribution in [0.2, 0.25) is 0 Å². The zero-order chi connectivity index (χ0) is 11.8. The van der Waals surface area contributed by atoms with Crippen LogP contribution in [0.4, 0.5) is 0 Å². The van der Waals surface area contributed by atoms with Gasteiger partial charge in [-0.1, -0.05) is 0 Å². The van der Waals surface area contributed by atoms with Gasteiger partial charge in [-0.2, -0.15) is 0 Å². The average molecular weight is 216 g/mol. The third-order valence-electron chi connectivity index (χ3n) is 1.48. The molecule has 84 valence electrons. The van der Waals surface area contributed by atoms with Crippen molar-refractivity contribution in [2.45, 2.75) is 26.4 Å². The number of hydrogen-bond donors (Lipinski definition) is 0. The van der Waals surface area contributed by atoms with Crippen molar-refractivity contribution < 1.29 is 28.7 Å². The molecule has 0 rings (SSSR count). The molecule has 6 nitrogen and oxygen atoms in total. The van der Waals surface area contributed by atoms with Crippen LogP contribution < -0.4 is 0 Å². The molecule has 0 bridgehead atoms. The van der Waals surface area contributed by atoms with E-state index in [2.05, 4.69) is 9.47 Å². The third-order valence-corrected chi connectivity index (χ3v) is 1.48. The van der Waals surface area contributed by atoms with E-state index in [1.54, 1.807) is 0 Å². The van der Waals surface area contributed by atoms with Crippen molar-refractivity contribution in [2.75, 3.05) is 6.61 Å². The molecule has 0 fully saturated rings. The van der Waals surface area contributed by atoms with Gasteiger partial charge in [0, 0.05) is 0 Å². The van der Waals surface area contributed by atoms with Crippen LogP contribution in [0.1, 0.15) is 20.3 Å². The minimum atomic E-state index is -0.859. The minimum absolute atomic E-state index is 0.303. The maximum atomic E-state index is 10.9. The number of ether oxygens (including phenoxy) is 2. The van der Waals surface area contributed by atoms with Gasteiger partial charge in [0.2, 0.25) is 0 Å². The van der Waals surface area contributed by atoms with Gasteiger partial charge in [-0.3, -0.25) is 9.59 Å². The second-order valence-electron chi connectivity index (χ2n) is 2.77. The topological polar surface area (TPSA) is 86.7 Å². The van der Waals surface area contributed by atoms with Crippen LogP contribution in [-0.4, -0.2) is 36.7 Å². The second-order valence-corrected chi connectivity index (χ2v) is 2.77. The Labute approximate surface area is 86.5 Å². The monoisotopic (exact) mass is 216 g/mol. The molecule has 0 amide bonds. The first kappa shape index (κ1) is 13.3. The molecule has 0 saturated carbocycles. The molecule has 1 atom stereocenters. The number of hydrogen-bond acceptors (Lipinski definition) is 6. The predicted molar refractivity (Wildman–Crippen MR) is 47.9 cm³/mol. The highest BCUT2D eigenvalue weighted by Gasteiger charge is 2.14. The zero-order valence-corrected chi connectivity index (χ0v) is 8.52. The number of carbonyl (C=O) groups is 4. The van der Waals surface area contributed by atoms with E-state index in [9.17, 15) is 19.2 Å². The molecule has 0 aliphatic carbocycles. The highest BCUT2D eigenvalue weighted by atomic mass is 16.6. The van der Waals surface area contributed by atoms with Gasteiger partial charge < -0.3 is 14.3 Å². The summed E-state index contributed by atoms with van der Waals surface area (Å²) in [6.07, 6.45) is -0.899. The van der Waals surface area contributed by atoms with Gasteiger partial charge in [-0.25, -0.2) is 4.79 Å². The van der Waals surface area contributed by atoms with Crippen LogP contribution >= 0.6 is 0 Å². The van der Waals surface area contributed by atoms with E-state index in [1.807, 2.05) is 0 Å². The van der Waals surface area contributed by atoms with Crippen LogP contribution in [0.5, 0.6) is 0 Å². The normalized spacial score (nSPS) is 11.3. The molecule has 0 N–H and O–H groups in total. The van der Waals surface area contributed by atoms with Crippen molar-refractivity contribution in [1.82, 2.24) is 0 Å². The lowest BCUT2D eigenvalue weighted by molar-refractivity contribution is -0.163. The number of esters is 2. The molecular formula is C9H12O6. The van der Waals surface area contributed by atoms with E-state index in [0.717, 1.165) is 0 Å². The van der Waals surface area contributed by atoms with E-state index < -0.39 is 31.1 Å². The third kappa shape index (κ3) is 6.36. The Balaban J connectivity index is 3.80. The Hall–Kier alpha value is -1.72. The van der Waals surface area contributed by atoms with Gasteiger partial charge in [0.15, 0.2) is 18.5 Å². The van der Waals surface area contributed by atoms with E-state index >= 15 is 0 Å². The molecule has 15 heavy (non-hydrogen) atoms. The summed E-state index contributed by atoms with van der Waals surface area (Å²) < 4.78 is 8.96. The lowest BCUT2D eigenvalue weighted by Crippen LogP contribution is -2.25. The summed E-state index contributed by atoms with van der Waals surface area (Å²) in [6, 6.07) is 0. The fourth-order valence-corrected chi connectivity index (χ4v) is 0.581. The van der Waals surface area contributed by atoms with Gasteiger partial charge in [-0.15, -0.1) is 0 Å². The summed E-state index contributed by atoms with van der Waals surface area (Å²) in [5.41, 5.74) is 0. The first-order valence-corrected chi connectivity index (χ1v) is 4.26. The maximum absolute atomic E-state index is 10.9. The molecule has 0 saturated heterocycles. The summed E-state index contributed by atoms with van der Waals surface area (Å²) >= 11 is 0.